The quantitative estimate of drug-likeness (QED) is 0.622. The van der Waals surface area contributed by atoms with E-state index in [1.54, 1.807) is 11.8 Å². The molecule has 8 heteroatoms. The van der Waals surface area contributed by atoms with Crippen LogP contribution in [0.1, 0.15) is 6.42 Å². The van der Waals surface area contributed by atoms with E-state index in [2.05, 4.69) is 10.4 Å². The second kappa shape index (κ2) is 5.87. The molecule has 2 rings (SSSR count). The Morgan fingerprint density at radius 1 is 1.39 bits per heavy atom. The van der Waals surface area contributed by atoms with Crippen LogP contribution < -0.4 is 11.3 Å². The van der Waals surface area contributed by atoms with Crippen LogP contribution in [0.25, 0.3) is 0 Å². The molecule has 1 fully saturated rings. The molecule has 0 unspecified atom stereocenters. The summed E-state index contributed by atoms with van der Waals surface area (Å²) in [5, 5.41) is 0. The third-order valence-electron chi connectivity index (χ3n) is 2.70. The predicted octanol–water partition coefficient (Wildman–Crippen LogP) is 0.495. The van der Waals surface area contributed by atoms with Crippen molar-refractivity contribution in [3.05, 3.63) is 18.3 Å². The predicted molar refractivity (Wildman–Crippen MR) is 72.7 cm³/mol. The summed E-state index contributed by atoms with van der Waals surface area (Å²) in [5.41, 5.74) is 2.36. The van der Waals surface area contributed by atoms with Gasteiger partial charge in [-0.2, -0.15) is 16.1 Å². The van der Waals surface area contributed by atoms with Crippen molar-refractivity contribution in [3.8, 4) is 0 Å². The van der Waals surface area contributed by atoms with Crippen LogP contribution in [0.15, 0.2) is 23.2 Å². The average molecular weight is 288 g/mol. The van der Waals surface area contributed by atoms with Crippen molar-refractivity contribution in [1.29, 1.82) is 0 Å². The summed E-state index contributed by atoms with van der Waals surface area (Å²) < 4.78 is 26.4. The summed E-state index contributed by atoms with van der Waals surface area (Å²) >= 11 is 1.79. The largest absolute Gasteiger partial charge is 0.308 e. The highest BCUT2D eigenvalue weighted by atomic mass is 32.2. The molecule has 1 aliphatic heterocycles. The molecule has 100 valence electrons. The molecular weight excluding hydrogens is 272 g/mol. The number of sulfonamides is 1. The minimum atomic E-state index is -3.43. The molecule has 2 heterocycles. The first-order valence-electron chi connectivity index (χ1n) is 5.65. The lowest BCUT2D eigenvalue weighted by Crippen LogP contribution is -2.33. The van der Waals surface area contributed by atoms with Crippen molar-refractivity contribution in [3.63, 3.8) is 0 Å². The van der Waals surface area contributed by atoms with Gasteiger partial charge in [0.2, 0.25) is 10.0 Å². The summed E-state index contributed by atoms with van der Waals surface area (Å²) in [6.07, 6.45) is 2.33. The first kappa shape index (κ1) is 13.6. The molecule has 18 heavy (non-hydrogen) atoms. The molecule has 1 aromatic heterocycles. The highest BCUT2D eigenvalue weighted by Gasteiger charge is 2.25. The number of nitrogens with zero attached hydrogens (tertiary/aromatic N) is 2. The second-order valence-electron chi connectivity index (χ2n) is 3.89. The molecule has 0 bridgehead atoms. The zero-order chi connectivity index (χ0) is 13.0. The molecule has 0 saturated carbocycles. The van der Waals surface area contributed by atoms with E-state index in [9.17, 15) is 8.42 Å². The molecule has 0 radical (unpaired) electrons. The number of hydrazine groups is 1. The average Bonchev–Trinajstić information content (AvgIpc) is 2.68. The second-order valence-corrected chi connectivity index (χ2v) is 7.05. The molecule has 6 nitrogen and oxygen atoms in total. The van der Waals surface area contributed by atoms with Gasteiger partial charge >= 0.3 is 0 Å². The Morgan fingerprint density at radius 3 is 3.00 bits per heavy atom. The fourth-order valence-electron chi connectivity index (χ4n) is 1.76. The van der Waals surface area contributed by atoms with Gasteiger partial charge in [0.15, 0.2) is 0 Å². The summed E-state index contributed by atoms with van der Waals surface area (Å²) in [7, 11) is -3.43. The molecule has 0 spiro atoms. The Morgan fingerprint density at radius 2 is 2.22 bits per heavy atom. The van der Waals surface area contributed by atoms with E-state index in [1.807, 2.05) is 0 Å². The number of rotatable bonds is 3. The van der Waals surface area contributed by atoms with Crippen LogP contribution in [0.2, 0.25) is 0 Å². The van der Waals surface area contributed by atoms with Crippen LogP contribution in [-0.4, -0.2) is 42.3 Å². The molecule has 1 aromatic rings. The van der Waals surface area contributed by atoms with Gasteiger partial charge in [-0.25, -0.2) is 19.2 Å². The Kier molecular flexibility index (Phi) is 4.44. The minimum Gasteiger partial charge on any atom is -0.308 e. The van der Waals surface area contributed by atoms with Crippen molar-refractivity contribution < 1.29 is 8.42 Å². The van der Waals surface area contributed by atoms with Crippen molar-refractivity contribution >= 4 is 27.6 Å². The topological polar surface area (TPSA) is 88.3 Å². The van der Waals surface area contributed by atoms with Crippen LogP contribution in [0.5, 0.6) is 0 Å². The van der Waals surface area contributed by atoms with E-state index in [1.165, 1.54) is 22.6 Å². The van der Waals surface area contributed by atoms with Gasteiger partial charge in [0.05, 0.1) is 4.90 Å². The first-order chi connectivity index (χ1) is 8.64. The Hall–Kier alpha value is -0.830. The number of pyridine rings is 1. The molecule has 0 atom stereocenters. The highest BCUT2D eigenvalue weighted by molar-refractivity contribution is 7.99. The van der Waals surface area contributed by atoms with E-state index in [0.717, 1.165) is 17.9 Å². The number of nitrogens with two attached hydrogens (primary N) is 1. The Balaban J connectivity index is 2.28. The number of hydrogen-bond acceptors (Lipinski definition) is 6. The van der Waals surface area contributed by atoms with E-state index in [-0.39, 0.29) is 4.90 Å². The summed E-state index contributed by atoms with van der Waals surface area (Å²) in [5.74, 6) is 7.44. The lowest BCUT2D eigenvalue weighted by atomic mass is 10.5. The number of thioether (sulfide) groups is 1. The van der Waals surface area contributed by atoms with Gasteiger partial charge < -0.3 is 5.43 Å². The van der Waals surface area contributed by atoms with Crippen molar-refractivity contribution in [2.75, 3.05) is 30.0 Å². The fraction of sp³-hybridized carbons (Fsp3) is 0.500. The van der Waals surface area contributed by atoms with Crippen LogP contribution in [-0.2, 0) is 10.0 Å². The standard InChI is InChI=1S/C10H16N4O2S2/c11-13-10-8-9(2-3-12-10)18(15,16)14-4-1-6-17-7-5-14/h2-3,8H,1,4-7,11H2,(H,12,13). The van der Waals surface area contributed by atoms with Crippen molar-refractivity contribution in [2.24, 2.45) is 5.84 Å². The number of hydrogen-bond donors (Lipinski definition) is 2. The maximum Gasteiger partial charge on any atom is 0.243 e. The molecular formula is C10H16N4O2S2. The number of anilines is 1. The summed E-state index contributed by atoms with van der Waals surface area (Å²) in [4.78, 5) is 4.15. The van der Waals surface area contributed by atoms with Gasteiger partial charge in [-0.05, 0) is 18.2 Å². The van der Waals surface area contributed by atoms with E-state index in [4.69, 9.17) is 5.84 Å². The molecule has 0 aromatic carbocycles. The van der Waals surface area contributed by atoms with Gasteiger partial charge in [0, 0.05) is 31.1 Å². The number of nitrogens with one attached hydrogen (secondary N) is 1. The highest BCUT2D eigenvalue weighted by Crippen LogP contribution is 2.20. The third-order valence-corrected chi connectivity index (χ3v) is 5.64. The lowest BCUT2D eigenvalue weighted by molar-refractivity contribution is 0.435. The third kappa shape index (κ3) is 2.94. The first-order valence-corrected chi connectivity index (χ1v) is 8.24. The maximum absolute atomic E-state index is 12.4. The van der Waals surface area contributed by atoms with Crippen LogP contribution in [0, 0.1) is 0 Å². The normalized spacial score (nSPS) is 18.3. The van der Waals surface area contributed by atoms with E-state index >= 15 is 0 Å². The van der Waals surface area contributed by atoms with E-state index in [0.29, 0.717) is 18.9 Å². The van der Waals surface area contributed by atoms with E-state index < -0.39 is 10.0 Å². The van der Waals surface area contributed by atoms with Crippen molar-refractivity contribution in [2.45, 2.75) is 11.3 Å². The van der Waals surface area contributed by atoms with Gasteiger partial charge in [0.1, 0.15) is 5.82 Å². The van der Waals surface area contributed by atoms with Gasteiger partial charge in [0.25, 0.3) is 0 Å². The fourth-order valence-corrected chi connectivity index (χ4v) is 4.26. The Bertz CT molecular complexity index is 498. The molecule has 1 aliphatic rings. The SMILES string of the molecule is NNc1cc(S(=O)(=O)N2CCCSCC2)ccn1. The number of nitrogen functional groups attached to an aromatic ring is 1. The molecule has 0 aliphatic carbocycles. The Labute approximate surface area is 111 Å². The number of aromatic nitrogens is 1. The molecule has 0 amide bonds. The maximum atomic E-state index is 12.4. The van der Waals surface area contributed by atoms with Gasteiger partial charge in [-0.3, -0.25) is 0 Å². The van der Waals surface area contributed by atoms with Crippen molar-refractivity contribution in [1.82, 2.24) is 9.29 Å². The smallest absolute Gasteiger partial charge is 0.243 e. The zero-order valence-electron chi connectivity index (χ0n) is 9.87. The summed E-state index contributed by atoms with van der Waals surface area (Å²) in [6, 6.07) is 2.95. The van der Waals surface area contributed by atoms with Crippen LogP contribution in [0.4, 0.5) is 5.82 Å². The minimum absolute atomic E-state index is 0.234. The van der Waals surface area contributed by atoms with Crippen LogP contribution in [0.3, 0.4) is 0 Å². The lowest BCUT2D eigenvalue weighted by Gasteiger charge is -2.19. The monoisotopic (exact) mass is 288 g/mol. The molecule has 3 N–H and O–H groups in total. The van der Waals surface area contributed by atoms with Gasteiger partial charge in [-0.1, -0.05) is 0 Å². The van der Waals surface area contributed by atoms with Crippen LogP contribution >= 0.6 is 11.8 Å². The van der Waals surface area contributed by atoms with Gasteiger partial charge in [-0.15, -0.1) is 0 Å². The molecule has 1 saturated heterocycles. The zero-order valence-corrected chi connectivity index (χ0v) is 11.5. The summed E-state index contributed by atoms with van der Waals surface area (Å²) in [6.45, 7) is 1.13.